The van der Waals surface area contributed by atoms with Crippen molar-refractivity contribution in [2.45, 2.75) is 25.3 Å². The zero-order chi connectivity index (χ0) is 18.8. The quantitative estimate of drug-likeness (QED) is 0.810. The van der Waals surface area contributed by atoms with Gasteiger partial charge < -0.3 is 9.80 Å². The van der Waals surface area contributed by atoms with Gasteiger partial charge in [-0.15, -0.1) is 0 Å². The Hall–Kier alpha value is -1.91. The van der Waals surface area contributed by atoms with Gasteiger partial charge in [0, 0.05) is 35.6 Å². The molecule has 1 amide bonds. The van der Waals surface area contributed by atoms with E-state index in [0.717, 1.165) is 0 Å². The molecule has 1 fully saturated rings. The zero-order valence-corrected chi connectivity index (χ0v) is 16.1. The third-order valence-corrected chi connectivity index (χ3v) is 5.55. The molecule has 5 heteroatoms. The lowest BCUT2D eigenvalue weighted by Gasteiger charge is -2.25. The molecule has 1 heterocycles. The maximum Gasteiger partial charge on any atom is 0.227 e. The molecule has 1 aliphatic heterocycles. The van der Waals surface area contributed by atoms with Crippen molar-refractivity contribution in [1.82, 2.24) is 9.80 Å². The van der Waals surface area contributed by atoms with Crippen LogP contribution in [0.1, 0.15) is 22.6 Å². The minimum absolute atomic E-state index is 0.00767. The molecule has 2 aromatic carbocycles. The summed E-state index contributed by atoms with van der Waals surface area (Å²) in [5.74, 6) is -0.270. The number of hydrogen-bond donors (Lipinski definition) is 0. The van der Waals surface area contributed by atoms with Crippen LogP contribution in [0.3, 0.4) is 0 Å². The monoisotopic (exact) mass is 374 g/mol. The van der Waals surface area contributed by atoms with E-state index in [0.29, 0.717) is 18.1 Å². The highest BCUT2D eigenvalue weighted by atomic mass is 35.5. The van der Waals surface area contributed by atoms with Crippen LogP contribution >= 0.6 is 11.6 Å². The summed E-state index contributed by atoms with van der Waals surface area (Å²) in [5.41, 5.74) is 2.73. The molecule has 0 N–H and O–H groups in total. The minimum Gasteiger partial charge on any atom is -0.340 e. The van der Waals surface area contributed by atoms with Gasteiger partial charge in [-0.1, -0.05) is 47.5 Å². The number of nitrogens with zero attached hydrogens (tertiary/aromatic N) is 2. The zero-order valence-electron chi connectivity index (χ0n) is 15.4. The molecule has 2 aromatic rings. The van der Waals surface area contributed by atoms with Gasteiger partial charge in [0.1, 0.15) is 5.82 Å². The molecule has 0 aliphatic carbocycles. The lowest BCUT2D eigenvalue weighted by Crippen LogP contribution is -2.36. The summed E-state index contributed by atoms with van der Waals surface area (Å²) in [7, 11) is 4.07. The van der Waals surface area contributed by atoms with Crippen molar-refractivity contribution in [3.63, 3.8) is 0 Å². The van der Waals surface area contributed by atoms with Crippen LogP contribution in [-0.4, -0.2) is 48.9 Å². The minimum atomic E-state index is -0.427. The van der Waals surface area contributed by atoms with Crippen LogP contribution in [-0.2, 0) is 11.2 Å². The number of halogens is 2. The molecule has 0 radical (unpaired) electrons. The highest BCUT2D eigenvalue weighted by Gasteiger charge is 2.37. The van der Waals surface area contributed by atoms with E-state index in [2.05, 4.69) is 36.1 Å². The second-order valence-electron chi connectivity index (χ2n) is 7.22. The van der Waals surface area contributed by atoms with E-state index in [-0.39, 0.29) is 29.9 Å². The standard InChI is InChI=1S/C21H24ClFN2O/c1-14-7-9-15(10-8-14)17-12-25(13-20(17)24(2)3)21(26)11-16-18(22)5-4-6-19(16)23/h4-10,17,20H,11-13H2,1-3H3/t17-,20+/m0/s1. The third-order valence-electron chi connectivity index (χ3n) is 5.20. The SMILES string of the molecule is Cc1ccc([C@@H]2CN(C(=O)Cc3c(F)cccc3Cl)C[C@H]2N(C)C)cc1. The largest absolute Gasteiger partial charge is 0.340 e. The second kappa shape index (κ2) is 7.77. The molecule has 0 spiro atoms. The molecule has 0 bridgehead atoms. The van der Waals surface area contributed by atoms with Crippen molar-refractivity contribution in [2.75, 3.05) is 27.2 Å². The van der Waals surface area contributed by atoms with E-state index >= 15 is 0 Å². The second-order valence-corrected chi connectivity index (χ2v) is 7.63. The topological polar surface area (TPSA) is 23.6 Å². The Bertz CT molecular complexity index is 771. The summed E-state index contributed by atoms with van der Waals surface area (Å²) in [6, 6.07) is 13.2. The van der Waals surface area contributed by atoms with Gasteiger partial charge in [0.2, 0.25) is 5.91 Å². The molecule has 3 nitrogen and oxygen atoms in total. The van der Waals surface area contributed by atoms with Crippen LogP contribution in [0.5, 0.6) is 0 Å². The molecule has 26 heavy (non-hydrogen) atoms. The van der Waals surface area contributed by atoms with Gasteiger partial charge in [0.25, 0.3) is 0 Å². The van der Waals surface area contributed by atoms with Crippen molar-refractivity contribution in [3.8, 4) is 0 Å². The molecule has 0 aromatic heterocycles. The molecule has 3 rings (SSSR count). The van der Waals surface area contributed by atoms with E-state index in [1.54, 1.807) is 12.1 Å². The number of likely N-dealkylation sites (tertiary alicyclic amines) is 1. The predicted octanol–water partition coefficient (Wildman–Crippen LogP) is 3.89. The fraction of sp³-hybridized carbons (Fsp3) is 0.381. The third kappa shape index (κ3) is 3.92. The Kier molecular flexibility index (Phi) is 5.64. The van der Waals surface area contributed by atoms with E-state index in [4.69, 9.17) is 11.6 Å². The maximum atomic E-state index is 14.0. The predicted molar refractivity (Wildman–Crippen MR) is 103 cm³/mol. The number of carbonyl (C=O) groups excluding carboxylic acids is 1. The summed E-state index contributed by atoms with van der Waals surface area (Å²) < 4.78 is 14.0. The number of rotatable bonds is 4. The number of likely N-dealkylation sites (N-methyl/N-ethyl adjacent to an activating group) is 1. The average molecular weight is 375 g/mol. The molecular weight excluding hydrogens is 351 g/mol. The Morgan fingerprint density at radius 2 is 1.88 bits per heavy atom. The highest BCUT2D eigenvalue weighted by Crippen LogP contribution is 2.31. The summed E-state index contributed by atoms with van der Waals surface area (Å²) in [4.78, 5) is 16.8. The number of benzene rings is 2. The number of carbonyl (C=O) groups is 1. The molecule has 1 aliphatic rings. The Morgan fingerprint density at radius 3 is 2.50 bits per heavy atom. The first-order valence-electron chi connectivity index (χ1n) is 8.80. The van der Waals surface area contributed by atoms with Crippen LogP contribution < -0.4 is 0 Å². The molecule has 0 unspecified atom stereocenters. The van der Waals surface area contributed by atoms with Crippen LogP contribution in [0.4, 0.5) is 4.39 Å². The van der Waals surface area contributed by atoms with Gasteiger partial charge in [-0.2, -0.15) is 0 Å². The lowest BCUT2D eigenvalue weighted by molar-refractivity contribution is -0.129. The van der Waals surface area contributed by atoms with Crippen LogP contribution in [0.2, 0.25) is 5.02 Å². The maximum absolute atomic E-state index is 14.0. The van der Waals surface area contributed by atoms with E-state index in [9.17, 15) is 9.18 Å². The first-order valence-corrected chi connectivity index (χ1v) is 9.18. The van der Waals surface area contributed by atoms with Gasteiger partial charge >= 0.3 is 0 Å². The summed E-state index contributed by atoms with van der Waals surface area (Å²) in [6.07, 6.45) is -0.00767. The van der Waals surface area contributed by atoms with Crippen molar-refractivity contribution in [1.29, 1.82) is 0 Å². The van der Waals surface area contributed by atoms with Gasteiger partial charge in [-0.05, 0) is 38.7 Å². The number of hydrogen-bond acceptors (Lipinski definition) is 2. The van der Waals surface area contributed by atoms with Gasteiger partial charge in [0.05, 0.1) is 6.42 Å². The summed E-state index contributed by atoms with van der Waals surface area (Å²) in [5, 5.41) is 0.303. The molecule has 0 saturated carbocycles. The molecule has 2 atom stereocenters. The first-order chi connectivity index (χ1) is 12.4. The summed E-state index contributed by atoms with van der Waals surface area (Å²) in [6.45, 7) is 3.34. The van der Waals surface area contributed by atoms with Gasteiger partial charge in [-0.3, -0.25) is 4.79 Å². The molecular formula is C21H24ClFN2O. The van der Waals surface area contributed by atoms with Crippen LogP contribution in [0.25, 0.3) is 0 Å². The fourth-order valence-corrected chi connectivity index (χ4v) is 3.85. The molecule has 1 saturated heterocycles. The average Bonchev–Trinajstić information content (AvgIpc) is 3.04. The van der Waals surface area contributed by atoms with E-state index < -0.39 is 5.82 Å². The lowest BCUT2D eigenvalue weighted by atomic mass is 9.93. The molecule has 138 valence electrons. The van der Waals surface area contributed by atoms with Crippen LogP contribution in [0.15, 0.2) is 42.5 Å². The number of amides is 1. The smallest absolute Gasteiger partial charge is 0.227 e. The first kappa shape index (κ1) is 18.9. The van der Waals surface area contributed by atoms with E-state index in [1.165, 1.54) is 17.2 Å². The fourth-order valence-electron chi connectivity index (χ4n) is 3.62. The Morgan fingerprint density at radius 1 is 1.19 bits per heavy atom. The van der Waals surface area contributed by atoms with Gasteiger partial charge in [0.15, 0.2) is 0 Å². The van der Waals surface area contributed by atoms with Crippen LogP contribution in [0, 0.1) is 12.7 Å². The Balaban J connectivity index is 1.79. The van der Waals surface area contributed by atoms with E-state index in [1.807, 2.05) is 19.0 Å². The van der Waals surface area contributed by atoms with Crippen molar-refractivity contribution in [3.05, 3.63) is 70.0 Å². The Labute approximate surface area is 159 Å². The normalized spacial score (nSPS) is 20.0. The van der Waals surface area contributed by atoms with Crippen molar-refractivity contribution >= 4 is 17.5 Å². The summed E-state index contributed by atoms with van der Waals surface area (Å²) >= 11 is 6.08. The van der Waals surface area contributed by atoms with Gasteiger partial charge in [-0.25, -0.2) is 4.39 Å². The number of aryl methyl sites for hydroxylation is 1. The van der Waals surface area contributed by atoms with Crippen molar-refractivity contribution < 1.29 is 9.18 Å². The highest BCUT2D eigenvalue weighted by molar-refractivity contribution is 6.31. The van der Waals surface area contributed by atoms with Crippen molar-refractivity contribution in [2.24, 2.45) is 0 Å².